The number of hydrogen-bond acceptors (Lipinski definition) is 3. The van der Waals surface area contributed by atoms with Crippen molar-refractivity contribution < 1.29 is 0 Å². The molecule has 0 amide bonds. The van der Waals surface area contributed by atoms with Gasteiger partial charge in [-0.1, -0.05) is 13.8 Å². The first-order valence-electron chi connectivity index (χ1n) is 5.27. The van der Waals surface area contributed by atoms with Crippen molar-refractivity contribution in [2.24, 2.45) is 5.92 Å². The first-order chi connectivity index (χ1) is 7.99. The molecule has 0 aliphatic rings. The molecule has 6 heteroatoms. The summed E-state index contributed by atoms with van der Waals surface area (Å²) in [5.74, 6) is 1.15. The van der Waals surface area contributed by atoms with Gasteiger partial charge in [0, 0.05) is 11.1 Å². The quantitative estimate of drug-likeness (QED) is 0.829. The van der Waals surface area contributed by atoms with E-state index >= 15 is 0 Å². The predicted octanol–water partition coefficient (Wildman–Crippen LogP) is 4.44. The first kappa shape index (κ1) is 13.1. The molecule has 0 radical (unpaired) electrons. The number of nitrogens with one attached hydrogen (secondary N) is 1. The fraction of sp³-hybridized carbons (Fsp3) is 0.364. The van der Waals surface area contributed by atoms with Gasteiger partial charge in [0.25, 0.3) is 0 Å². The highest BCUT2D eigenvalue weighted by molar-refractivity contribution is 9.12. The number of hydrogen-bond donors (Lipinski definition) is 2. The molecule has 0 fully saturated rings. The largest absolute Gasteiger partial charge is 0.382 e. The smallest absolute Gasteiger partial charge is 0.149 e. The van der Waals surface area contributed by atoms with Crippen LogP contribution in [0, 0.1) is 5.92 Å². The lowest BCUT2D eigenvalue weighted by molar-refractivity contribution is 0.649. The Kier molecular flexibility index (Phi) is 3.95. The van der Waals surface area contributed by atoms with E-state index in [1.807, 2.05) is 0 Å². The topological polar surface area (TPSA) is 54.7 Å². The van der Waals surface area contributed by atoms with Gasteiger partial charge in [-0.15, -0.1) is 11.3 Å². The molecule has 2 heterocycles. The van der Waals surface area contributed by atoms with Crippen molar-refractivity contribution in [1.29, 1.82) is 0 Å². The lowest BCUT2D eigenvalue weighted by Gasteiger charge is -2.06. The first-order valence-corrected chi connectivity index (χ1v) is 7.67. The zero-order valence-corrected chi connectivity index (χ0v) is 13.5. The second-order valence-corrected chi connectivity index (χ2v) is 8.05. The van der Waals surface area contributed by atoms with E-state index < -0.39 is 0 Å². The van der Waals surface area contributed by atoms with E-state index in [0.717, 1.165) is 30.8 Å². The Morgan fingerprint density at radius 2 is 2.18 bits per heavy atom. The molecule has 0 atom stereocenters. The zero-order chi connectivity index (χ0) is 12.6. The number of aromatic amines is 1. The van der Waals surface area contributed by atoms with E-state index in [4.69, 9.17) is 5.73 Å². The van der Waals surface area contributed by atoms with E-state index in [1.165, 1.54) is 0 Å². The SMILES string of the molecule is CC(C)Cc1c(N)n[nH]c1-c1cc(Br)sc1Br. The molecule has 0 aliphatic heterocycles. The van der Waals surface area contributed by atoms with Crippen LogP contribution in [0.2, 0.25) is 0 Å². The molecule has 0 saturated carbocycles. The molecule has 2 aromatic rings. The van der Waals surface area contributed by atoms with Crippen LogP contribution in [0.3, 0.4) is 0 Å². The van der Waals surface area contributed by atoms with Crippen molar-refractivity contribution >= 4 is 49.0 Å². The average molecular weight is 379 g/mol. The van der Waals surface area contributed by atoms with E-state index in [9.17, 15) is 0 Å². The summed E-state index contributed by atoms with van der Waals surface area (Å²) in [4.78, 5) is 0. The molecule has 0 aromatic carbocycles. The number of nitrogens with two attached hydrogens (primary N) is 1. The second-order valence-electron chi connectivity index (χ2n) is 4.30. The Morgan fingerprint density at radius 3 is 2.71 bits per heavy atom. The number of thiophene rings is 1. The van der Waals surface area contributed by atoms with Crippen LogP contribution < -0.4 is 5.73 Å². The summed E-state index contributed by atoms with van der Waals surface area (Å²) in [5, 5.41) is 7.15. The number of halogens is 2. The number of nitrogen functional groups attached to an aromatic ring is 1. The Bertz CT molecular complexity index is 531. The van der Waals surface area contributed by atoms with Crippen molar-refractivity contribution in [2.45, 2.75) is 20.3 Å². The lowest BCUT2D eigenvalue weighted by Crippen LogP contribution is -1.98. The zero-order valence-electron chi connectivity index (χ0n) is 9.55. The molecule has 0 spiro atoms. The van der Waals surface area contributed by atoms with Crippen molar-refractivity contribution in [3.8, 4) is 11.3 Å². The minimum atomic E-state index is 0.550. The Morgan fingerprint density at radius 1 is 1.47 bits per heavy atom. The van der Waals surface area contributed by atoms with Gasteiger partial charge in [0.05, 0.1) is 13.3 Å². The standard InChI is InChI=1S/C11H13Br2N3S/c1-5(2)3-7-9(15-16-11(7)14)6-4-8(12)17-10(6)13/h4-5H,3H2,1-2H3,(H3,14,15,16). The van der Waals surface area contributed by atoms with E-state index in [-0.39, 0.29) is 0 Å². The number of nitrogens with zero attached hydrogens (tertiary/aromatic N) is 1. The van der Waals surface area contributed by atoms with Crippen LogP contribution in [0.1, 0.15) is 19.4 Å². The van der Waals surface area contributed by atoms with Crippen LogP contribution in [-0.4, -0.2) is 10.2 Å². The van der Waals surface area contributed by atoms with E-state index in [2.05, 4.69) is 62.0 Å². The number of aromatic nitrogens is 2. The van der Waals surface area contributed by atoms with Gasteiger partial charge in [0.1, 0.15) is 5.82 Å². The molecule has 92 valence electrons. The number of H-pyrrole nitrogens is 1. The van der Waals surface area contributed by atoms with Gasteiger partial charge in [-0.2, -0.15) is 5.10 Å². The molecule has 0 bridgehead atoms. The highest BCUT2D eigenvalue weighted by Gasteiger charge is 2.17. The highest BCUT2D eigenvalue weighted by atomic mass is 79.9. The molecule has 17 heavy (non-hydrogen) atoms. The molecule has 0 saturated heterocycles. The second kappa shape index (κ2) is 5.12. The predicted molar refractivity (Wildman–Crippen MR) is 80.3 cm³/mol. The van der Waals surface area contributed by atoms with Gasteiger partial charge >= 0.3 is 0 Å². The molecule has 0 aliphatic carbocycles. The summed E-state index contributed by atoms with van der Waals surface area (Å²) in [5.41, 5.74) is 9.15. The van der Waals surface area contributed by atoms with Crippen LogP contribution in [0.15, 0.2) is 13.6 Å². The third kappa shape index (κ3) is 2.74. The maximum Gasteiger partial charge on any atom is 0.149 e. The fourth-order valence-electron chi connectivity index (χ4n) is 1.73. The van der Waals surface area contributed by atoms with Gasteiger partial charge in [0.15, 0.2) is 0 Å². The highest BCUT2D eigenvalue weighted by Crippen LogP contribution is 2.40. The number of anilines is 1. The fourth-order valence-corrected chi connectivity index (χ4v) is 4.55. The third-order valence-electron chi connectivity index (χ3n) is 2.44. The normalized spacial score (nSPS) is 11.4. The van der Waals surface area contributed by atoms with E-state index in [0.29, 0.717) is 11.7 Å². The third-order valence-corrected chi connectivity index (χ3v) is 4.78. The van der Waals surface area contributed by atoms with Gasteiger partial charge < -0.3 is 5.73 Å². The van der Waals surface area contributed by atoms with Crippen molar-refractivity contribution in [2.75, 3.05) is 5.73 Å². The lowest BCUT2D eigenvalue weighted by atomic mass is 10.0. The summed E-state index contributed by atoms with van der Waals surface area (Å²) < 4.78 is 2.17. The van der Waals surface area contributed by atoms with Gasteiger partial charge in [0.2, 0.25) is 0 Å². The van der Waals surface area contributed by atoms with Crippen molar-refractivity contribution in [1.82, 2.24) is 10.2 Å². The molecule has 0 unspecified atom stereocenters. The summed E-state index contributed by atoms with van der Waals surface area (Å²) in [7, 11) is 0. The van der Waals surface area contributed by atoms with E-state index in [1.54, 1.807) is 11.3 Å². The number of rotatable bonds is 3. The monoisotopic (exact) mass is 377 g/mol. The molecular weight excluding hydrogens is 366 g/mol. The summed E-state index contributed by atoms with van der Waals surface area (Å²) in [6, 6.07) is 2.07. The molecule has 3 nitrogen and oxygen atoms in total. The minimum Gasteiger partial charge on any atom is -0.382 e. The van der Waals surface area contributed by atoms with Crippen molar-refractivity contribution in [3.05, 3.63) is 19.2 Å². The Hall–Kier alpha value is -0.330. The van der Waals surface area contributed by atoms with Gasteiger partial charge in [-0.25, -0.2) is 0 Å². The molecule has 3 N–H and O–H groups in total. The van der Waals surface area contributed by atoms with Gasteiger partial charge in [-0.05, 0) is 50.3 Å². The van der Waals surface area contributed by atoms with Gasteiger partial charge in [-0.3, -0.25) is 5.10 Å². The molecule has 2 aromatic heterocycles. The van der Waals surface area contributed by atoms with Crippen LogP contribution in [-0.2, 0) is 6.42 Å². The van der Waals surface area contributed by atoms with Crippen LogP contribution in [0.4, 0.5) is 5.82 Å². The van der Waals surface area contributed by atoms with Crippen LogP contribution >= 0.6 is 43.2 Å². The summed E-state index contributed by atoms with van der Waals surface area (Å²) >= 11 is 8.69. The minimum absolute atomic E-state index is 0.550. The Balaban J connectivity index is 2.48. The van der Waals surface area contributed by atoms with Crippen LogP contribution in [0.25, 0.3) is 11.3 Å². The molecular formula is C11H13Br2N3S. The summed E-state index contributed by atoms with van der Waals surface area (Å²) in [6.45, 7) is 4.35. The summed E-state index contributed by atoms with van der Waals surface area (Å²) in [6.07, 6.45) is 0.928. The molecule has 2 rings (SSSR count). The van der Waals surface area contributed by atoms with Crippen molar-refractivity contribution in [3.63, 3.8) is 0 Å². The maximum atomic E-state index is 5.92. The average Bonchev–Trinajstić information content (AvgIpc) is 2.71. The Labute approximate surface area is 121 Å². The maximum absolute atomic E-state index is 5.92. The van der Waals surface area contributed by atoms with Crippen LogP contribution in [0.5, 0.6) is 0 Å².